The van der Waals surface area contributed by atoms with Crippen molar-refractivity contribution in [3.63, 3.8) is 0 Å². The maximum absolute atomic E-state index is 11.9. The number of carbonyl (C=O) groups is 1. The topological polar surface area (TPSA) is 62.9 Å². The number of ether oxygens (including phenoxy) is 1. The van der Waals surface area contributed by atoms with Crippen LogP contribution in [0.3, 0.4) is 0 Å². The smallest absolute Gasteiger partial charge is 0.222 e. The third-order valence-electron chi connectivity index (χ3n) is 4.48. The van der Waals surface area contributed by atoms with Gasteiger partial charge in [0, 0.05) is 31.5 Å². The molecule has 142 valence electrons. The number of hydrogen-bond donors (Lipinski definition) is 1. The zero-order valence-corrected chi connectivity index (χ0v) is 16.7. The lowest BCUT2D eigenvalue weighted by atomic mass is 10.1. The van der Waals surface area contributed by atoms with Crippen molar-refractivity contribution >= 4 is 28.6 Å². The number of phenolic OH excluding ortho intramolecular Hbond substituents is 1. The average Bonchev–Trinajstić information content (AvgIpc) is 3.04. The highest BCUT2D eigenvalue weighted by Gasteiger charge is 2.17. The molecule has 0 aliphatic carbocycles. The van der Waals surface area contributed by atoms with Gasteiger partial charge < -0.3 is 19.2 Å². The van der Waals surface area contributed by atoms with Crippen LogP contribution in [0.5, 0.6) is 11.5 Å². The van der Waals surface area contributed by atoms with E-state index in [4.69, 9.17) is 9.15 Å². The first-order valence-corrected chi connectivity index (χ1v) is 9.84. The van der Waals surface area contributed by atoms with Crippen LogP contribution in [-0.4, -0.2) is 43.4 Å². The van der Waals surface area contributed by atoms with Crippen molar-refractivity contribution in [2.24, 2.45) is 0 Å². The standard InChI is InChI=1S/C21H23NO4S/c1-22(2)19(24)10-6-13-5-9-17-15(11-13)21(27-4)20(26-17)14-7-8-16(23)18(12-14)25-3/h5,7-9,11-12,23H,6,10H2,1-4H3. The molecule has 0 radical (unpaired) electrons. The fraction of sp³-hybridized carbons (Fsp3) is 0.286. The molecule has 0 saturated heterocycles. The van der Waals surface area contributed by atoms with E-state index in [1.807, 2.05) is 24.5 Å². The number of amides is 1. The van der Waals surface area contributed by atoms with Crippen molar-refractivity contribution in [3.8, 4) is 22.8 Å². The van der Waals surface area contributed by atoms with Crippen LogP contribution in [-0.2, 0) is 11.2 Å². The molecule has 1 aromatic heterocycles. The van der Waals surface area contributed by atoms with Crippen LogP contribution in [0.1, 0.15) is 12.0 Å². The lowest BCUT2D eigenvalue weighted by Crippen LogP contribution is -2.21. The Kier molecular flexibility index (Phi) is 5.65. The second-order valence-electron chi connectivity index (χ2n) is 6.47. The van der Waals surface area contributed by atoms with E-state index in [1.165, 1.54) is 7.11 Å². The first-order chi connectivity index (χ1) is 12.9. The molecule has 0 atom stereocenters. The highest BCUT2D eigenvalue weighted by atomic mass is 32.2. The van der Waals surface area contributed by atoms with Gasteiger partial charge in [-0.3, -0.25) is 4.79 Å². The molecule has 27 heavy (non-hydrogen) atoms. The SMILES string of the molecule is COc1cc(-c2oc3ccc(CCC(=O)N(C)C)cc3c2SC)ccc1O. The van der Waals surface area contributed by atoms with Gasteiger partial charge in [-0.25, -0.2) is 0 Å². The monoisotopic (exact) mass is 385 g/mol. The summed E-state index contributed by atoms with van der Waals surface area (Å²) in [7, 11) is 5.06. The van der Waals surface area contributed by atoms with Crippen molar-refractivity contribution in [2.45, 2.75) is 17.7 Å². The van der Waals surface area contributed by atoms with Crippen LogP contribution in [0.15, 0.2) is 45.7 Å². The van der Waals surface area contributed by atoms with Gasteiger partial charge >= 0.3 is 0 Å². The lowest BCUT2D eigenvalue weighted by Gasteiger charge is -2.09. The van der Waals surface area contributed by atoms with Gasteiger partial charge in [0.1, 0.15) is 11.3 Å². The summed E-state index contributed by atoms with van der Waals surface area (Å²) in [5.74, 6) is 1.36. The van der Waals surface area contributed by atoms with Gasteiger partial charge in [0.2, 0.25) is 5.91 Å². The Balaban J connectivity index is 1.99. The molecule has 0 unspecified atom stereocenters. The van der Waals surface area contributed by atoms with E-state index in [1.54, 1.807) is 42.9 Å². The molecule has 3 rings (SSSR count). The van der Waals surface area contributed by atoms with E-state index in [2.05, 4.69) is 6.07 Å². The van der Waals surface area contributed by atoms with Gasteiger partial charge in [0.05, 0.1) is 12.0 Å². The Hall–Kier alpha value is -2.60. The number of nitrogens with zero attached hydrogens (tertiary/aromatic N) is 1. The second kappa shape index (κ2) is 7.96. The Labute approximate surface area is 162 Å². The molecule has 1 amide bonds. The minimum absolute atomic E-state index is 0.0934. The van der Waals surface area contributed by atoms with Crippen molar-refractivity contribution in [1.29, 1.82) is 0 Å². The molecule has 1 N–H and O–H groups in total. The Morgan fingerprint density at radius 1 is 1.22 bits per heavy atom. The summed E-state index contributed by atoms with van der Waals surface area (Å²) in [5, 5.41) is 10.9. The van der Waals surface area contributed by atoms with Crippen molar-refractivity contribution < 1.29 is 19.1 Å². The number of methoxy groups -OCH3 is 1. The molecule has 2 aromatic carbocycles. The predicted molar refractivity (Wildman–Crippen MR) is 109 cm³/mol. The summed E-state index contributed by atoms with van der Waals surface area (Å²) in [4.78, 5) is 14.5. The highest BCUT2D eigenvalue weighted by Crippen LogP contribution is 2.41. The minimum Gasteiger partial charge on any atom is -0.504 e. The molecule has 5 nitrogen and oxygen atoms in total. The van der Waals surface area contributed by atoms with Gasteiger partial charge in [0.15, 0.2) is 11.5 Å². The normalized spacial score (nSPS) is 11.0. The van der Waals surface area contributed by atoms with Crippen LogP contribution < -0.4 is 4.74 Å². The average molecular weight is 385 g/mol. The number of benzene rings is 2. The minimum atomic E-state index is 0.0934. The zero-order chi connectivity index (χ0) is 19.6. The molecule has 0 spiro atoms. The number of thioether (sulfide) groups is 1. The first-order valence-electron chi connectivity index (χ1n) is 8.61. The number of fused-ring (bicyclic) bond motifs is 1. The second-order valence-corrected chi connectivity index (χ2v) is 7.29. The third kappa shape index (κ3) is 3.90. The number of carbonyl (C=O) groups excluding carboxylic acids is 1. The summed E-state index contributed by atoms with van der Waals surface area (Å²) in [6, 6.07) is 11.2. The maximum atomic E-state index is 11.9. The number of hydrogen-bond acceptors (Lipinski definition) is 5. The fourth-order valence-electron chi connectivity index (χ4n) is 2.96. The quantitative estimate of drug-likeness (QED) is 0.631. The summed E-state index contributed by atoms with van der Waals surface area (Å²) in [6.45, 7) is 0. The first kappa shape index (κ1) is 19.2. The van der Waals surface area contributed by atoms with Crippen molar-refractivity contribution in [3.05, 3.63) is 42.0 Å². The van der Waals surface area contributed by atoms with Crippen LogP contribution >= 0.6 is 11.8 Å². The zero-order valence-electron chi connectivity index (χ0n) is 15.9. The predicted octanol–water partition coefficient (Wildman–Crippen LogP) is 4.56. The number of aromatic hydroxyl groups is 1. The molecular formula is C21H23NO4S. The molecule has 0 aliphatic heterocycles. The number of aryl methyl sites for hydroxylation is 1. The number of rotatable bonds is 6. The molecule has 3 aromatic rings. The summed E-state index contributed by atoms with van der Waals surface area (Å²) in [5.41, 5.74) is 2.74. The van der Waals surface area contributed by atoms with Gasteiger partial charge in [-0.1, -0.05) is 6.07 Å². The molecular weight excluding hydrogens is 362 g/mol. The van der Waals surface area contributed by atoms with Crippen LogP contribution in [0, 0.1) is 0 Å². The van der Waals surface area contributed by atoms with Gasteiger partial charge in [0.25, 0.3) is 0 Å². The number of phenols is 1. The summed E-state index contributed by atoms with van der Waals surface area (Å²) in [6.07, 6.45) is 3.18. The Morgan fingerprint density at radius 2 is 2.00 bits per heavy atom. The van der Waals surface area contributed by atoms with Crippen molar-refractivity contribution in [2.75, 3.05) is 27.5 Å². The van der Waals surface area contributed by atoms with Crippen LogP contribution in [0.2, 0.25) is 0 Å². The van der Waals surface area contributed by atoms with E-state index >= 15 is 0 Å². The van der Waals surface area contributed by atoms with Gasteiger partial charge in [-0.05, 0) is 48.6 Å². The lowest BCUT2D eigenvalue weighted by molar-refractivity contribution is -0.128. The summed E-state index contributed by atoms with van der Waals surface area (Å²) < 4.78 is 11.3. The summed E-state index contributed by atoms with van der Waals surface area (Å²) >= 11 is 1.61. The fourth-order valence-corrected chi connectivity index (χ4v) is 3.69. The molecule has 1 heterocycles. The maximum Gasteiger partial charge on any atom is 0.222 e. The number of furan rings is 1. The third-order valence-corrected chi connectivity index (χ3v) is 5.29. The van der Waals surface area contributed by atoms with Crippen LogP contribution in [0.4, 0.5) is 0 Å². The largest absolute Gasteiger partial charge is 0.504 e. The molecule has 0 saturated carbocycles. The van der Waals surface area contributed by atoms with Crippen molar-refractivity contribution in [1.82, 2.24) is 4.90 Å². The molecule has 0 aliphatic rings. The Bertz CT molecular complexity index is 978. The van der Waals surface area contributed by atoms with E-state index in [0.29, 0.717) is 18.6 Å². The van der Waals surface area contributed by atoms with E-state index in [-0.39, 0.29) is 11.7 Å². The van der Waals surface area contributed by atoms with Gasteiger partial charge in [-0.15, -0.1) is 11.8 Å². The Morgan fingerprint density at radius 3 is 2.67 bits per heavy atom. The molecule has 0 fully saturated rings. The van der Waals surface area contributed by atoms with E-state index in [9.17, 15) is 9.90 Å². The highest BCUT2D eigenvalue weighted by molar-refractivity contribution is 7.99. The van der Waals surface area contributed by atoms with Gasteiger partial charge in [-0.2, -0.15) is 0 Å². The molecule has 0 bridgehead atoms. The van der Waals surface area contributed by atoms with E-state index < -0.39 is 0 Å². The van der Waals surface area contributed by atoms with Crippen LogP contribution in [0.25, 0.3) is 22.3 Å². The molecule has 6 heteroatoms. The van der Waals surface area contributed by atoms with E-state index in [0.717, 1.165) is 32.8 Å².